The number of benzene rings is 2. The van der Waals surface area contributed by atoms with E-state index in [0.29, 0.717) is 11.3 Å². The Morgan fingerprint density at radius 1 is 1.08 bits per heavy atom. The van der Waals surface area contributed by atoms with Crippen molar-refractivity contribution in [2.45, 2.75) is 26.1 Å². The Bertz CT molecular complexity index is 679. The van der Waals surface area contributed by atoms with Gasteiger partial charge in [-0.1, -0.05) is 29.8 Å². The summed E-state index contributed by atoms with van der Waals surface area (Å²) >= 11 is 0. The molecule has 2 aromatic rings. The molecule has 6 heteroatoms. The van der Waals surface area contributed by atoms with E-state index in [2.05, 4.69) is 5.32 Å². The Balaban J connectivity index is 1.88. The van der Waals surface area contributed by atoms with E-state index in [-0.39, 0.29) is 12.5 Å². The molecule has 1 amide bonds. The van der Waals surface area contributed by atoms with Crippen LogP contribution in [-0.2, 0) is 11.0 Å². The zero-order chi connectivity index (χ0) is 17.7. The van der Waals surface area contributed by atoms with Crippen LogP contribution in [0.3, 0.4) is 0 Å². The quantitative estimate of drug-likeness (QED) is 0.885. The van der Waals surface area contributed by atoms with Crippen molar-refractivity contribution < 1.29 is 22.7 Å². The lowest BCUT2D eigenvalue weighted by Gasteiger charge is -2.16. The van der Waals surface area contributed by atoms with Crippen LogP contribution < -0.4 is 10.1 Å². The third kappa shape index (κ3) is 5.01. The Kier molecular flexibility index (Phi) is 5.49. The number of amides is 1. The minimum atomic E-state index is -4.37. The molecule has 0 heterocycles. The van der Waals surface area contributed by atoms with Gasteiger partial charge in [-0.2, -0.15) is 13.2 Å². The number of carbonyl (C=O) groups is 1. The van der Waals surface area contributed by atoms with Gasteiger partial charge in [0.2, 0.25) is 0 Å². The second-order valence-corrected chi connectivity index (χ2v) is 5.51. The second-order valence-electron chi connectivity index (χ2n) is 5.51. The summed E-state index contributed by atoms with van der Waals surface area (Å²) in [7, 11) is 0. The molecule has 1 N–H and O–H groups in total. The van der Waals surface area contributed by atoms with Crippen molar-refractivity contribution in [2.24, 2.45) is 0 Å². The highest BCUT2D eigenvalue weighted by Gasteiger charge is 2.30. The molecule has 1 atom stereocenters. The molecule has 0 aliphatic heterocycles. The summed E-state index contributed by atoms with van der Waals surface area (Å²) in [6.07, 6.45) is -4.37. The van der Waals surface area contributed by atoms with Crippen molar-refractivity contribution in [3.8, 4) is 5.75 Å². The fourth-order valence-electron chi connectivity index (χ4n) is 2.11. The Hall–Kier alpha value is -2.50. The number of alkyl halides is 3. The molecule has 128 valence electrons. The molecule has 0 fully saturated rings. The van der Waals surface area contributed by atoms with Crippen LogP contribution in [0.5, 0.6) is 5.75 Å². The average molecular weight is 337 g/mol. The van der Waals surface area contributed by atoms with E-state index in [0.717, 1.165) is 17.7 Å². The molecular weight excluding hydrogens is 319 g/mol. The summed E-state index contributed by atoms with van der Waals surface area (Å²) < 4.78 is 43.0. The van der Waals surface area contributed by atoms with Gasteiger partial charge in [0.25, 0.3) is 5.91 Å². The van der Waals surface area contributed by atoms with Crippen LogP contribution in [-0.4, -0.2) is 12.5 Å². The first-order chi connectivity index (χ1) is 11.3. The summed E-state index contributed by atoms with van der Waals surface area (Å²) in [6.45, 7) is 3.49. The van der Waals surface area contributed by atoms with Crippen molar-refractivity contribution in [2.75, 3.05) is 6.61 Å². The zero-order valence-electron chi connectivity index (χ0n) is 13.4. The molecular formula is C18H18F3NO2. The first-order valence-electron chi connectivity index (χ1n) is 7.41. The number of carbonyl (C=O) groups excluding carboxylic acids is 1. The molecule has 2 aromatic carbocycles. The molecule has 24 heavy (non-hydrogen) atoms. The number of nitrogens with one attached hydrogen (secondary N) is 1. The van der Waals surface area contributed by atoms with E-state index in [1.807, 2.05) is 19.1 Å². The summed E-state index contributed by atoms with van der Waals surface area (Å²) in [5.74, 6) is 0.237. The van der Waals surface area contributed by atoms with Crippen molar-refractivity contribution in [1.29, 1.82) is 0 Å². The molecule has 1 unspecified atom stereocenters. The average Bonchev–Trinajstić information content (AvgIpc) is 2.53. The van der Waals surface area contributed by atoms with Gasteiger partial charge in [0.15, 0.2) is 6.61 Å². The van der Waals surface area contributed by atoms with Crippen molar-refractivity contribution in [1.82, 2.24) is 5.32 Å². The molecule has 0 spiro atoms. The van der Waals surface area contributed by atoms with Crippen LogP contribution in [0, 0.1) is 6.92 Å². The Morgan fingerprint density at radius 2 is 1.67 bits per heavy atom. The van der Waals surface area contributed by atoms with Gasteiger partial charge >= 0.3 is 6.18 Å². The predicted molar refractivity (Wildman–Crippen MR) is 84.7 cm³/mol. The topological polar surface area (TPSA) is 38.3 Å². The number of hydrogen-bond acceptors (Lipinski definition) is 2. The molecule has 0 aromatic heterocycles. The standard InChI is InChI=1S/C18H18F3NO2/c1-12-3-9-16(10-4-12)24-11-17(23)22-13(2)14-5-7-15(8-6-14)18(19,20)21/h3-10,13H,11H2,1-2H3,(H,22,23). The van der Waals surface area contributed by atoms with Gasteiger partial charge in [0, 0.05) is 0 Å². The summed E-state index contributed by atoms with van der Waals surface area (Å²) in [5, 5.41) is 2.69. The van der Waals surface area contributed by atoms with E-state index in [1.54, 1.807) is 19.1 Å². The number of hydrogen-bond donors (Lipinski definition) is 1. The van der Waals surface area contributed by atoms with E-state index in [4.69, 9.17) is 4.74 Å². The highest BCUT2D eigenvalue weighted by Crippen LogP contribution is 2.29. The summed E-state index contributed by atoms with van der Waals surface area (Å²) in [6, 6.07) is 11.6. The molecule has 0 bridgehead atoms. The van der Waals surface area contributed by atoms with E-state index >= 15 is 0 Å². The maximum atomic E-state index is 12.5. The second kappa shape index (κ2) is 7.38. The van der Waals surface area contributed by atoms with Gasteiger partial charge in [-0.15, -0.1) is 0 Å². The van der Waals surface area contributed by atoms with Gasteiger partial charge in [0.1, 0.15) is 5.75 Å². The SMILES string of the molecule is Cc1ccc(OCC(=O)NC(C)c2ccc(C(F)(F)F)cc2)cc1. The van der Waals surface area contributed by atoms with Crippen LogP contribution in [0.2, 0.25) is 0 Å². The highest BCUT2D eigenvalue weighted by molar-refractivity contribution is 5.78. The van der Waals surface area contributed by atoms with Gasteiger partial charge in [0.05, 0.1) is 11.6 Å². The predicted octanol–water partition coefficient (Wildman–Crippen LogP) is 4.27. The van der Waals surface area contributed by atoms with E-state index in [9.17, 15) is 18.0 Å². The number of halogens is 3. The first-order valence-corrected chi connectivity index (χ1v) is 7.41. The highest BCUT2D eigenvalue weighted by atomic mass is 19.4. The fraction of sp³-hybridized carbons (Fsp3) is 0.278. The van der Waals surface area contributed by atoms with E-state index < -0.39 is 17.8 Å². The monoisotopic (exact) mass is 337 g/mol. The minimum absolute atomic E-state index is 0.159. The molecule has 0 radical (unpaired) electrons. The number of rotatable bonds is 5. The van der Waals surface area contributed by atoms with Gasteiger partial charge in [-0.05, 0) is 43.7 Å². The maximum absolute atomic E-state index is 12.5. The van der Waals surface area contributed by atoms with Crippen LogP contribution in [0.4, 0.5) is 13.2 Å². The normalized spacial score (nSPS) is 12.5. The Morgan fingerprint density at radius 3 is 2.21 bits per heavy atom. The fourth-order valence-corrected chi connectivity index (χ4v) is 2.11. The zero-order valence-corrected chi connectivity index (χ0v) is 13.4. The first kappa shape index (κ1) is 17.8. The molecule has 0 saturated carbocycles. The molecule has 0 aliphatic carbocycles. The van der Waals surface area contributed by atoms with Crippen molar-refractivity contribution >= 4 is 5.91 Å². The van der Waals surface area contributed by atoms with Crippen molar-refractivity contribution in [3.05, 3.63) is 65.2 Å². The van der Waals surface area contributed by atoms with Crippen LogP contribution in [0.15, 0.2) is 48.5 Å². The van der Waals surface area contributed by atoms with Gasteiger partial charge < -0.3 is 10.1 Å². The number of aryl methyl sites for hydroxylation is 1. The third-order valence-electron chi connectivity index (χ3n) is 3.51. The lowest BCUT2D eigenvalue weighted by molar-refractivity contribution is -0.137. The van der Waals surface area contributed by atoms with Crippen LogP contribution >= 0.6 is 0 Å². The van der Waals surface area contributed by atoms with Crippen LogP contribution in [0.1, 0.15) is 29.7 Å². The molecule has 3 nitrogen and oxygen atoms in total. The maximum Gasteiger partial charge on any atom is 0.416 e. The van der Waals surface area contributed by atoms with Crippen LogP contribution in [0.25, 0.3) is 0 Å². The smallest absolute Gasteiger partial charge is 0.416 e. The lowest BCUT2D eigenvalue weighted by Crippen LogP contribution is -2.31. The van der Waals surface area contributed by atoms with Gasteiger partial charge in [-0.25, -0.2) is 0 Å². The third-order valence-corrected chi connectivity index (χ3v) is 3.51. The summed E-state index contributed by atoms with van der Waals surface area (Å²) in [4.78, 5) is 11.9. The minimum Gasteiger partial charge on any atom is -0.484 e. The molecule has 2 rings (SSSR count). The van der Waals surface area contributed by atoms with Gasteiger partial charge in [-0.3, -0.25) is 4.79 Å². The molecule has 0 aliphatic rings. The van der Waals surface area contributed by atoms with E-state index in [1.165, 1.54) is 12.1 Å². The molecule has 0 saturated heterocycles. The number of ether oxygens (including phenoxy) is 1. The lowest BCUT2D eigenvalue weighted by atomic mass is 10.1. The Labute approximate surface area is 138 Å². The summed E-state index contributed by atoms with van der Waals surface area (Å²) in [5.41, 5.74) is 0.960. The largest absolute Gasteiger partial charge is 0.484 e. The van der Waals surface area contributed by atoms with Crippen molar-refractivity contribution in [3.63, 3.8) is 0 Å².